The van der Waals surface area contributed by atoms with Crippen LogP contribution in [-0.4, -0.2) is 26.7 Å². The number of hydrogen-bond acceptors (Lipinski definition) is 4. The molecule has 20 heavy (non-hydrogen) atoms. The van der Waals surface area contributed by atoms with Crippen LogP contribution in [0.15, 0.2) is 4.99 Å². The lowest BCUT2D eigenvalue weighted by molar-refractivity contribution is 0.375. The summed E-state index contributed by atoms with van der Waals surface area (Å²) in [5.41, 5.74) is 3.99. The summed E-state index contributed by atoms with van der Waals surface area (Å²) in [5, 5.41) is 9.62. The van der Waals surface area contributed by atoms with E-state index in [4.69, 9.17) is 0 Å². The number of rotatable bonds is 3. The van der Waals surface area contributed by atoms with Crippen LogP contribution in [-0.2, 0) is 13.6 Å². The lowest BCUT2D eigenvalue weighted by Crippen LogP contribution is -2.21. The number of aryl methyl sites for hydroxylation is 2. The minimum atomic E-state index is 0.374. The molecule has 1 N–H and O–H groups in total. The molecule has 1 aliphatic rings. The van der Waals surface area contributed by atoms with E-state index < -0.39 is 0 Å². The summed E-state index contributed by atoms with van der Waals surface area (Å²) in [6.07, 6.45) is 1.21. The van der Waals surface area contributed by atoms with Gasteiger partial charge in [-0.1, -0.05) is 32.5 Å². The number of amidine groups is 1. The predicted octanol–water partition coefficient (Wildman–Crippen LogP) is 3.03. The van der Waals surface area contributed by atoms with Crippen molar-refractivity contribution in [2.24, 2.45) is 17.5 Å². The van der Waals surface area contributed by atoms with E-state index in [9.17, 15) is 0 Å². The Morgan fingerprint density at radius 2 is 2.05 bits per heavy atom. The number of thioether (sulfide) groups is 1. The number of aromatic nitrogens is 2. The molecule has 0 fully saturated rings. The summed E-state index contributed by atoms with van der Waals surface area (Å²) in [7, 11) is 1.99. The molecule has 2 heterocycles. The van der Waals surface area contributed by atoms with Crippen LogP contribution in [0.3, 0.4) is 0 Å². The Labute approximate surface area is 126 Å². The maximum absolute atomic E-state index is 4.62. The first kappa shape index (κ1) is 15.4. The second-order valence-electron chi connectivity index (χ2n) is 6.78. The van der Waals surface area contributed by atoms with Gasteiger partial charge in [0.15, 0.2) is 5.17 Å². The highest BCUT2D eigenvalue weighted by Gasteiger charge is 2.25. The third-order valence-corrected chi connectivity index (χ3v) is 4.78. The highest BCUT2D eigenvalue weighted by Crippen LogP contribution is 2.31. The lowest BCUT2D eigenvalue weighted by Gasteiger charge is -2.21. The first-order chi connectivity index (χ1) is 9.26. The van der Waals surface area contributed by atoms with Crippen LogP contribution in [0, 0.1) is 19.3 Å². The third kappa shape index (κ3) is 3.78. The van der Waals surface area contributed by atoms with Crippen molar-refractivity contribution in [2.75, 3.05) is 6.54 Å². The fourth-order valence-electron chi connectivity index (χ4n) is 2.54. The van der Waals surface area contributed by atoms with Gasteiger partial charge in [0.1, 0.15) is 0 Å². The van der Waals surface area contributed by atoms with Crippen LogP contribution in [0.25, 0.3) is 0 Å². The molecule has 5 heteroatoms. The Bertz CT molecular complexity index is 511. The predicted molar refractivity (Wildman–Crippen MR) is 87.3 cm³/mol. The molecule has 4 nitrogen and oxygen atoms in total. The molecule has 112 valence electrons. The molecular weight excluding hydrogens is 268 g/mol. The van der Waals surface area contributed by atoms with E-state index in [-0.39, 0.29) is 0 Å². The molecular formula is C15H26N4S. The van der Waals surface area contributed by atoms with E-state index in [1.807, 2.05) is 23.5 Å². The van der Waals surface area contributed by atoms with Gasteiger partial charge in [0.25, 0.3) is 0 Å². The molecule has 1 aliphatic heterocycles. The molecule has 0 amide bonds. The number of nitrogens with one attached hydrogen (secondary N) is 1. The van der Waals surface area contributed by atoms with Crippen LogP contribution in [0.1, 0.15) is 44.1 Å². The zero-order valence-corrected chi connectivity index (χ0v) is 14.3. The van der Waals surface area contributed by atoms with Crippen LogP contribution < -0.4 is 5.32 Å². The van der Waals surface area contributed by atoms with E-state index in [2.05, 4.69) is 50.0 Å². The van der Waals surface area contributed by atoms with Gasteiger partial charge in [0.05, 0.1) is 12.2 Å². The van der Waals surface area contributed by atoms with Gasteiger partial charge in [-0.05, 0) is 25.7 Å². The number of hydrogen-bond donors (Lipinski definition) is 1. The minimum absolute atomic E-state index is 0.374. The minimum Gasteiger partial charge on any atom is -0.361 e. The van der Waals surface area contributed by atoms with Crippen molar-refractivity contribution in [2.45, 2.75) is 52.8 Å². The van der Waals surface area contributed by atoms with E-state index in [1.54, 1.807) is 0 Å². The average Bonchev–Trinajstić information content (AvgIpc) is 2.82. The SMILES string of the molecule is Cc1nn(C)c(C)c1CNC1=NCC(CC(C)(C)C)S1. The second-order valence-corrected chi connectivity index (χ2v) is 8.07. The molecule has 0 aliphatic carbocycles. The van der Waals surface area contributed by atoms with E-state index in [1.165, 1.54) is 17.7 Å². The summed E-state index contributed by atoms with van der Waals surface area (Å²) < 4.78 is 1.94. The molecule has 1 atom stereocenters. The van der Waals surface area contributed by atoms with Gasteiger partial charge in [-0.25, -0.2) is 0 Å². The maximum atomic E-state index is 4.62. The zero-order valence-electron chi connectivity index (χ0n) is 13.4. The quantitative estimate of drug-likeness (QED) is 0.931. The Kier molecular flexibility index (Phi) is 4.47. The van der Waals surface area contributed by atoms with Crippen LogP contribution in [0.2, 0.25) is 0 Å². The van der Waals surface area contributed by atoms with Gasteiger partial charge in [0, 0.05) is 30.1 Å². The summed E-state index contributed by atoms with van der Waals surface area (Å²) in [4.78, 5) is 4.62. The second kappa shape index (κ2) is 5.80. The van der Waals surface area contributed by atoms with Crippen molar-refractivity contribution in [3.05, 3.63) is 17.0 Å². The molecule has 0 spiro atoms. The first-order valence-corrected chi connectivity index (χ1v) is 8.08. The molecule has 0 saturated carbocycles. The Balaban J connectivity index is 1.87. The highest BCUT2D eigenvalue weighted by molar-refractivity contribution is 8.14. The summed E-state index contributed by atoms with van der Waals surface area (Å²) in [5.74, 6) is 0. The molecule has 0 saturated heterocycles. The molecule has 1 aromatic heterocycles. The van der Waals surface area contributed by atoms with Crippen LogP contribution in [0.4, 0.5) is 0 Å². The average molecular weight is 294 g/mol. The Hall–Kier alpha value is -0.970. The Morgan fingerprint density at radius 1 is 1.35 bits per heavy atom. The van der Waals surface area contributed by atoms with Gasteiger partial charge >= 0.3 is 0 Å². The van der Waals surface area contributed by atoms with Gasteiger partial charge in [0.2, 0.25) is 0 Å². The molecule has 0 aromatic carbocycles. The first-order valence-electron chi connectivity index (χ1n) is 7.20. The largest absolute Gasteiger partial charge is 0.361 e. The normalized spacial score (nSPS) is 19.3. The third-order valence-electron chi connectivity index (χ3n) is 3.63. The molecule has 0 radical (unpaired) electrons. The van der Waals surface area contributed by atoms with Crippen molar-refractivity contribution < 1.29 is 0 Å². The van der Waals surface area contributed by atoms with Gasteiger partial charge in [-0.3, -0.25) is 9.67 Å². The van der Waals surface area contributed by atoms with Crippen molar-refractivity contribution in [3.63, 3.8) is 0 Å². The monoisotopic (exact) mass is 294 g/mol. The summed E-state index contributed by atoms with van der Waals surface area (Å²) >= 11 is 1.89. The highest BCUT2D eigenvalue weighted by atomic mass is 32.2. The number of nitrogens with zero attached hydrogens (tertiary/aromatic N) is 3. The van der Waals surface area contributed by atoms with Crippen LogP contribution >= 0.6 is 11.8 Å². The van der Waals surface area contributed by atoms with E-state index in [0.29, 0.717) is 10.7 Å². The standard InChI is InChI=1S/C15H26N4S/c1-10-13(11(2)19(6)18-10)9-17-14-16-8-12(20-14)7-15(3,4)5/h12H,7-9H2,1-6H3,(H,16,17). The fourth-order valence-corrected chi connectivity index (χ4v) is 3.89. The number of aliphatic imine (C=N–C) groups is 1. The molecule has 2 rings (SSSR count). The van der Waals surface area contributed by atoms with Crippen molar-refractivity contribution in [3.8, 4) is 0 Å². The van der Waals surface area contributed by atoms with Gasteiger partial charge < -0.3 is 5.32 Å². The van der Waals surface area contributed by atoms with Crippen molar-refractivity contribution in [1.82, 2.24) is 15.1 Å². The smallest absolute Gasteiger partial charge is 0.157 e. The summed E-state index contributed by atoms with van der Waals surface area (Å²) in [6, 6.07) is 0. The topological polar surface area (TPSA) is 42.2 Å². The van der Waals surface area contributed by atoms with Gasteiger partial charge in [-0.15, -0.1) is 0 Å². The van der Waals surface area contributed by atoms with E-state index in [0.717, 1.165) is 24.0 Å². The molecule has 1 unspecified atom stereocenters. The molecule has 0 bridgehead atoms. The Morgan fingerprint density at radius 3 is 2.60 bits per heavy atom. The molecule has 1 aromatic rings. The van der Waals surface area contributed by atoms with Crippen LogP contribution in [0.5, 0.6) is 0 Å². The van der Waals surface area contributed by atoms with Crippen molar-refractivity contribution in [1.29, 1.82) is 0 Å². The van der Waals surface area contributed by atoms with E-state index >= 15 is 0 Å². The summed E-state index contributed by atoms with van der Waals surface area (Å²) in [6.45, 7) is 12.8. The maximum Gasteiger partial charge on any atom is 0.157 e. The van der Waals surface area contributed by atoms with Crippen molar-refractivity contribution >= 4 is 16.9 Å². The lowest BCUT2D eigenvalue weighted by atomic mass is 9.90. The zero-order chi connectivity index (χ0) is 14.9. The fraction of sp³-hybridized carbons (Fsp3) is 0.733. The van der Waals surface area contributed by atoms with Gasteiger partial charge in [-0.2, -0.15) is 5.10 Å².